The third-order valence-electron chi connectivity index (χ3n) is 0.801. The number of esters is 2. The Morgan fingerprint density at radius 1 is 1.23 bits per heavy atom. The molecule has 0 saturated carbocycles. The van der Waals surface area contributed by atoms with Crippen molar-refractivity contribution in [2.24, 2.45) is 0 Å². The molecular formula is C6H10Na2O5. The van der Waals surface area contributed by atoms with Crippen LogP contribution >= 0.6 is 0 Å². The second-order valence-electron chi connectivity index (χ2n) is 1.86. The number of hydrogen-bond acceptors (Lipinski definition) is 4. The summed E-state index contributed by atoms with van der Waals surface area (Å²) < 4.78 is 4.06. The van der Waals surface area contributed by atoms with Gasteiger partial charge in [0.25, 0.3) is 0 Å². The fourth-order valence-corrected chi connectivity index (χ4v) is 0.420. The first kappa shape index (κ1) is 19.2. The molecule has 0 amide bonds. The van der Waals surface area contributed by atoms with Crippen molar-refractivity contribution < 1.29 is 86.2 Å². The molecule has 7 heteroatoms. The zero-order valence-electron chi connectivity index (χ0n) is 9.99. The zero-order valence-corrected chi connectivity index (χ0v) is 12.0. The number of rotatable bonds is 3. The van der Waals surface area contributed by atoms with E-state index in [4.69, 9.17) is 5.11 Å². The van der Waals surface area contributed by atoms with Crippen LogP contribution in [-0.2, 0) is 19.1 Å². The summed E-state index contributed by atoms with van der Waals surface area (Å²) in [4.78, 5) is 30.5. The molecule has 0 aliphatic carbocycles. The van der Waals surface area contributed by atoms with Crippen LogP contribution in [0.5, 0.6) is 0 Å². The van der Waals surface area contributed by atoms with Gasteiger partial charge in [0.2, 0.25) is 0 Å². The van der Waals surface area contributed by atoms with Crippen molar-refractivity contribution in [2.45, 2.75) is 19.8 Å². The molecule has 0 rings (SSSR count). The van der Waals surface area contributed by atoms with E-state index in [2.05, 4.69) is 4.74 Å². The van der Waals surface area contributed by atoms with E-state index in [0.29, 0.717) is 0 Å². The van der Waals surface area contributed by atoms with E-state index in [1.165, 1.54) is 0 Å². The van der Waals surface area contributed by atoms with Crippen LogP contribution in [0.15, 0.2) is 0 Å². The molecule has 0 spiro atoms. The molecule has 0 bridgehead atoms. The van der Waals surface area contributed by atoms with Gasteiger partial charge in [-0.3, -0.25) is 14.4 Å². The van der Waals surface area contributed by atoms with Gasteiger partial charge in [-0.25, -0.2) is 0 Å². The van der Waals surface area contributed by atoms with Crippen LogP contribution < -0.4 is 59.1 Å². The van der Waals surface area contributed by atoms with Gasteiger partial charge in [0.15, 0.2) is 0 Å². The first-order chi connectivity index (χ1) is 5.02. The summed E-state index contributed by atoms with van der Waals surface area (Å²) >= 11 is 0. The Kier molecular flexibility index (Phi) is 15.8. The minimum atomic E-state index is -1.09. The van der Waals surface area contributed by atoms with Crippen LogP contribution in [0.3, 0.4) is 0 Å². The molecule has 0 heterocycles. The zero-order chi connectivity index (χ0) is 8.85. The van der Waals surface area contributed by atoms with Crippen molar-refractivity contribution in [1.29, 1.82) is 0 Å². The van der Waals surface area contributed by atoms with E-state index >= 15 is 0 Å². The first-order valence-corrected chi connectivity index (χ1v) is 2.95. The molecule has 0 atom stereocenters. The second kappa shape index (κ2) is 10.7. The summed E-state index contributed by atoms with van der Waals surface area (Å²) in [6.07, 6.45) is -0.582. The number of carbonyl (C=O) groups excluding carboxylic acids is 2. The number of aliphatic carboxylic acids is 1. The summed E-state index contributed by atoms with van der Waals surface area (Å²) in [5.74, 6) is -2.62. The standard InChI is InChI=1S/C6H8O5.2Na.2H/c1-4(7)11-6(10)3-2-5(8)9;;;;/h2-3H2,1H3,(H,8,9);;;;/q;2*+1;2*-1. The maximum absolute atomic E-state index is 10.5. The molecule has 0 radical (unpaired) electrons. The molecule has 0 aliphatic heterocycles. The van der Waals surface area contributed by atoms with Gasteiger partial charge in [-0.15, -0.1) is 0 Å². The summed E-state index contributed by atoms with van der Waals surface area (Å²) in [5.41, 5.74) is 0. The Morgan fingerprint density at radius 3 is 2.00 bits per heavy atom. The molecule has 66 valence electrons. The predicted molar refractivity (Wildman–Crippen MR) is 35.9 cm³/mol. The van der Waals surface area contributed by atoms with Gasteiger partial charge in [0.1, 0.15) is 0 Å². The monoisotopic (exact) mass is 208 g/mol. The molecule has 13 heavy (non-hydrogen) atoms. The number of carbonyl (C=O) groups is 3. The topological polar surface area (TPSA) is 80.7 Å². The van der Waals surface area contributed by atoms with Crippen LogP contribution in [0.2, 0.25) is 0 Å². The SMILES string of the molecule is CC(=O)OC(=O)CCC(=O)O.[H-].[H-].[Na+].[Na+]. The van der Waals surface area contributed by atoms with E-state index < -0.39 is 17.9 Å². The summed E-state index contributed by atoms with van der Waals surface area (Å²) in [6, 6.07) is 0. The van der Waals surface area contributed by atoms with Gasteiger partial charge < -0.3 is 12.7 Å². The molecule has 0 aromatic rings. The molecule has 1 N–H and O–H groups in total. The molecule has 5 nitrogen and oxygen atoms in total. The Balaban J connectivity index is -0.0000000833. The van der Waals surface area contributed by atoms with Crippen LogP contribution in [0, 0.1) is 0 Å². The van der Waals surface area contributed by atoms with Crippen molar-refractivity contribution in [1.82, 2.24) is 0 Å². The molecule has 0 aromatic carbocycles. The van der Waals surface area contributed by atoms with Crippen molar-refractivity contribution in [3.05, 3.63) is 0 Å². The Bertz CT molecular complexity index is 200. The van der Waals surface area contributed by atoms with E-state index in [1.54, 1.807) is 0 Å². The van der Waals surface area contributed by atoms with E-state index in [9.17, 15) is 14.4 Å². The smallest absolute Gasteiger partial charge is 1.00 e. The normalized spacial score (nSPS) is 7.46. The van der Waals surface area contributed by atoms with Gasteiger partial charge in [0.05, 0.1) is 12.8 Å². The fourth-order valence-electron chi connectivity index (χ4n) is 0.420. The third kappa shape index (κ3) is 15.4. The minimum Gasteiger partial charge on any atom is -1.00 e. The fraction of sp³-hybridized carbons (Fsp3) is 0.500. The average Bonchev–Trinajstić information content (AvgIpc) is 1.82. The van der Waals surface area contributed by atoms with Crippen molar-refractivity contribution in [3.8, 4) is 0 Å². The quantitative estimate of drug-likeness (QED) is 0.284. The first-order valence-electron chi connectivity index (χ1n) is 2.95. The van der Waals surface area contributed by atoms with E-state index in [-0.39, 0.29) is 74.8 Å². The van der Waals surface area contributed by atoms with Gasteiger partial charge in [-0.1, -0.05) is 0 Å². The summed E-state index contributed by atoms with van der Waals surface area (Å²) in [6.45, 7) is 1.08. The molecule has 0 aromatic heterocycles. The maximum Gasteiger partial charge on any atom is 1.00 e. The van der Waals surface area contributed by atoms with Gasteiger partial charge in [-0.2, -0.15) is 0 Å². The molecule has 0 unspecified atom stereocenters. The minimum absolute atomic E-state index is 0. The van der Waals surface area contributed by atoms with Crippen LogP contribution in [-0.4, -0.2) is 23.0 Å². The average molecular weight is 208 g/mol. The van der Waals surface area contributed by atoms with Crippen molar-refractivity contribution in [3.63, 3.8) is 0 Å². The Morgan fingerprint density at radius 2 is 1.69 bits per heavy atom. The van der Waals surface area contributed by atoms with Gasteiger partial charge in [-0.05, 0) is 0 Å². The van der Waals surface area contributed by atoms with Crippen LogP contribution in [0.25, 0.3) is 0 Å². The Hall–Kier alpha value is 0.610. The Labute approximate surface area is 123 Å². The van der Waals surface area contributed by atoms with Crippen molar-refractivity contribution in [2.75, 3.05) is 0 Å². The van der Waals surface area contributed by atoms with E-state index in [1.807, 2.05) is 0 Å². The number of carboxylic acids is 1. The third-order valence-corrected chi connectivity index (χ3v) is 0.801. The molecular weight excluding hydrogens is 198 g/mol. The molecule has 0 aliphatic rings. The van der Waals surface area contributed by atoms with Crippen LogP contribution in [0.4, 0.5) is 0 Å². The summed E-state index contributed by atoms with van der Waals surface area (Å²) in [7, 11) is 0. The van der Waals surface area contributed by atoms with Crippen LogP contribution in [0.1, 0.15) is 22.6 Å². The van der Waals surface area contributed by atoms with Crippen molar-refractivity contribution >= 4 is 17.9 Å². The van der Waals surface area contributed by atoms with E-state index in [0.717, 1.165) is 6.92 Å². The van der Waals surface area contributed by atoms with Gasteiger partial charge in [0, 0.05) is 6.92 Å². The number of ether oxygens (including phenoxy) is 1. The second-order valence-corrected chi connectivity index (χ2v) is 1.86. The summed E-state index contributed by atoms with van der Waals surface area (Å²) in [5, 5.41) is 8.10. The maximum atomic E-state index is 10.5. The largest absolute Gasteiger partial charge is 1.00 e. The number of carboxylic acid groups (broad SMARTS) is 1. The van der Waals surface area contributed by atoms with Gasteiger partial charge >= 0.3 is 77.0 Å². The molecule has 0 saturated heterocycles. The number of hydrogen-bond donors (Lipinski definition) is 1. The molecule has 0 fully saturated rings. The predicted octanol–water partition coefficient (Wildman–Crippen LogP) is -5.83.